The predicted molar refractivity (Wildman–Crippen MR) is 85.1 cm³/mol. The van der Waals surface area contributed by atoms with Crippen LogP contribution < -0.4 is 4.74 Å². The molecule has 1 saturated heterocycles. The van der Waals surface area contributed by atoms with E-state index in [0.717, 1.165) is 6.07 Å². The zero-order valence-corrected chi connectivity index (χ0v) is 14.8. The molecule has 128 valence electrons. The van der Waals surface area contributed by atoms with E-state index in [2.05, 4.69) is 0 Å². The molecule has 0 N–H and O–H groups in total. The molecule has 0 spiro atoms. The second-order valence-corrected chi connectivity index (χ2v) is 8.20. The number of rotatable bonds is 5. The Morgan fingerprint density at radius 2 is 2.09 bits per heavy atom. The van der Waals surface area contributed by atoms with Gasteiger partial charge in [0, 0.05) is 10.4 Å². The van der Waals surface area contributed by atoms with E-state index in [1.54, 1.807) is 6.92 Å². The van der Waals surface area contributed by atoms with Crippen molar-refractivity contribution < 1.29 is 27.7 Å². The van der Waals surface area contributed by atoms with E-state index in [-0.39, 0.29) is 16.2 Å². The number of carbonyl (C=O) groups is 1. The van der Waals surface area contributed by atoms with Gasteiger partial charge in [0.2, 0.25) is 8.38 Å². The van der Waals surface area contributed by atoms with Crippen molar-refractivity contribution in [1.29, 1.82) is 0 Å². The van der Waals surface area contributed by atoms with Gasteiger partial charge in [-0.1, -0.05) is 25.4 Å². The number of esters is 1. The predicted octanol–water partition coefficient (Wildman–Crippen LogP) is 4.13. The van der Waals surface area contributed by atoms with Gasteiger partial charge < -0.3 is 18.5 Å². The lowest BCUT2D eigenvalue weighted by Gasteiger charge is -2.35. The van der Waals surface area contributed by atoms with Crippen LogP contribution in [0.5, 0.6) is 5.75 Å². The summed E-state index contributed by atoms with van der Waals surface area (Å²) in [5, 5.41) is 0.253. The molecule has 1 aliphatic rings. The van der Waals surface area contributed by atoms with Gasteiger partial charge in [-0.2, -0.15) is 0 Å². The largest absolute Gasteiger partial charge is 0.479 e. The van der Waals surface area contributed by atoms with Crippen LogP contribution in [0.15, 0.2) is 18.2 Å². The molecule has 1 aromatic rings. The van der Waals surface area contributed by atoms with Gasteiger partial charge in [0.1, 0.15) is 0 Å². The minimum absolute atomic E-state index is 0.0439. The van der Waals surface area contributed by atoms with Crippen molar-refractivity contribution in [2.45, 2.75) is 26.6 Å². The van der Waals surface area contributed by atoms with E-state index >= 15 is 0 Å². The molecular weight excluding hydrogens is 346 g/mol. The van der Waals surface area contributed by atoms with Crippen molar-refractivity contribution in [1.82, 2.24) is 0 Å². The fourth-order valence-electron chi connectivity index (χ4n) is 1.76. The van der Waals surface area contributed by atoms with Crippen LogP contribution in [0, 0.1) is 11.2 Å². The van der Waals surface area contributed by atoms with Gasteiger partial charge in [-0.3, -0.25) is 0 Å². The molecule has 1 unspecified atom stereocenters. The molecule has 1 heterocycles. The Balaban J connectivity index is 1.78. The van der Waals surface area contributed by atoms with Gasteiger partial charge in [-0.25, -0.2) is 9.18 Å². The number of hydrogen-bond donors (Lipinski definition) is 0. The smallest absolute Gasteiger partial charge is 0.344 e. The van der Waals surface area contributed by atoms with E-state index in [1.165, 1.54) is 12.1 Å². The number of carbonyl (C=O) groups excluding carboxylic acids is 1. The average Bonchev–Trinajstić information content (AvgIpc) is 2.46. The maximum atomic E-state index is 13.5. The maximum Gasteiger partial charge on any atom is 0.344 e. The maximum absolute atomic E-state index is 13.5. The molecule has 0 aliphatic carbocycles. The summed E-state index contributed by atoms with van der Waals surface area (Å²) >= 11 is 5.64. The molecule has 1 aromatic carbocycles. The van der Waals surface area contributed by atoms with Crippen molar-refractivity contribution in [3.63, 3.8) is 0 Å². The molecule has 8 heteroatoms. The van der Waals surface area contributed by atoms with Crippen molar-refractivity contribution in [2.24, 2.45) is 5.41 Å². The first-order chi connectivity index (χ1) is 10.8. The molecule has 1 aliphatic heterocycles. The number of ether oxygens (including phenoxy) is 2. The number of hydrogen-bond acceptors (Lipinski definition) is 5. The van der Waals surface area contributed by atoms with E-state index < -0.39 is 32.6 Å². The van der Waals surface area contributed by atoms with Crippen LogP contribution in [0.3, 0.4) is 0 Å². The van der Waals surface area contributed by atoms with E-state index in [9.17, 15) is 9.18 Å². The van der Waals surface area contributed by atoms with Crippen molar-refractivity contribution in [3.8, 4) is 5.75 Å². The second kappa shape index (κ2) is 7.75. The molecule has 23 heavy (non-hydrogen) atoms. The molecule has 0 radical (unpaired) electrons. The Morgan fingerprint density at radius 3 is 2.70 bits per heavy atom. The summed E-state index contributed by atoms with van der Waals surface area (Å²) in [7, 11) is -1.29. The number of benzene rings is 1. The quantitative estimate of drug-likeness (QED) is 0.581. The van der Waals surface area contributed by atoms with Gasteiger partial charge in [-0.05, 0) is 25.1 Å². The molecule has 1 fully saturated rings. The molecule has 0 amide bonds. The van der Waals surface area contributed by atoms with Gasteiger partial charge in [0.05, 0.1) is 13.2 Å². The Kier molecular flexibility index (Phi) is 6.20. The lowest BCUT2D eigenvalue weighted by atomic mass is 9.97. The van der Waals surface area contributed by atoms with E-state index in [1.807, 2.05) is 13.8 Å². The van der Waals surface area contributed by atoms with Crippen LogP contribution in [0.25, 0.3) is 0 Å². The Labute approximate surface area is 140 Å². The SMILES string of the molecule is CC(OC(=O)COc1ccc(Cl)cc1F)P1OCC(C)(C)CO1. The fraction of sp³-hybridized carbons (Fsp3) is 0.533. The summed E-state index contributed by atoms with van der Waals surface area (Å²) in [4.78, 5) is 11.8. The molecular formula is C15H19ClFO5P. The molecule has 5 nitrogen and oxygen atoms in total. The van der Waals surface area contributed by atoms with Crippen molar-refractivity contribution >= 4 is 25.9 Å². The molecule has 1 atom stereocenters. The lowest BCUT2D eigenvalue weighted by molar-refractivity contribution is -0.148. The van der Waals surface area contributed by atoms with Crippen LogP contribution in [0.4, 0.5) is 4.39 Å². The van der Waals surface area contributed by atoms with Gasteiger partial charge in [0.15, 0.2) is 24.0 Å². The lowest BCUT2D eigenvalue weighted by Crippen LogP contribution is -2.31. The summed E-state index contributed by atoms with van der Waals surface area (Å²) in [6, 6.07) is 3.94. The zero-order chi connectivity index (χ0) is 17.0. The molecule has 0 aromatic heterocycles. The minimum Gasteiger partial charge on any atom is -0.479 e. The third-order valence-corrected chi connectivity index (χ3v) is 4.70. The highest BCUT2D eigenvalue weighted by molar-refractivity contribution is 7.47. The van der Waals surface area contributed by atoms with Gasteiger partial charge in [0.25, 0.3) is 0 Å². The average molecular weight is 365 g/mol. The highest BCUT2D eigenvalue weighted by atomic mass is 35.5. The number of halogens is 2. The first-order valence-corrected chi connectivity index (χ1v) is 8.72. The minimum atomic E-state index is -1.29. The van der Waals surface area contributed by atoms with Gasteiger partial charge >= 0.3 is 5.97 Å². The monoisotopic (exact) mass is 364 g/mol. The third-order valence-electron chi connectivity index (χ3n) is 3.00. The van der Waals surface area contributed by atoms with Crippen LogP contribution >= 0.6 is 20.0 Å². The van der Waals surface area contributed by atoms with E-state index in [4.69, 9.17) is 30.1 Å². The topological polar surface area (TPSA) is 54.0 Å². The van der Waals surface area contributed by atoms with Crippen LogP contribution in [0.2, 0.25) is 5.02 Å². The first-order valence-electron chi connectivity index (χ1n) is 7.09. The van der Waals surface area contributed by atoms with Crippen molar-refractivity contribution in [2.75, 3.05) is 19.8 Å². The Hall–Kier alpha value is -0.940. The highest BCUT2D eigenvalue weighted by Crippen LogP contribution is 2.49. The Bertz CT molecular complexity index is 559. The van der Waals surface area contributed by atoms with E-state index in [0.29, 0.717) is 13.2 Å². The fourth-order valence-corrected chi connectivity index (χ4v) is 3.57. The highest BCUT2D eigenvalue weighted by Gasteiger charge is 2.33. The zero-order valence-electron chi connectivity index (χ0n) is 13.2. The second-order valence-electron chi connectivity index (χ2n) is 5.95. The summed E-state index contributed by atoms with van der Waals surface area (Å²) in [6.07, 6.45) is 0. The summed E-state index contributed by atoms with van der Waals surface area (Å²) in [5.41, 5.74) is -0.0439. The van der Waals surface area contributed by atoms with Crippen LogP contribution in [-0.2, 0) is 18.6 Å². The van der Waals surface area contributed by atoms with Crippen LogP contribution in [0.1, 0.15) is 20.8 Å². The summed E-state index contributed by atoms with van der Waals surface area (Å²) in [5.74, 6) is -1.83. The van der Waals surface area contributed by atoms with Gasteiger partial charge in [-0.15, -0.1) is 0 Å². The standard InChI is InChI=1S/C15H19ClFO5P/c1-10(23-20-8-15(2,3)9-21-23)22-14(18)7-19-13-5-4-11(16)6-12(13)17/h4-6,10H,7-9H2,1-3H3. The summed E-state index contributed by atoms with van der Waals surface area (Å²) < 4.78 is 35.0. The Morgan fingerprint density at radius 1 is 1.43 bits per heavy atom. The normalized spacial score (nSPS) is 19.2. The molecule has 2 rings (SSSR count). The van der Waals surface area contributed by atoms with Crippen LogP contribution in [-0.4, -0.2) is 31.6 Å². The first kappa shape index (κ1) is 18.4. The third kappa shape index (κ3) is 5.57. The molecule has 0 bridgehead atoms. The summed E-state index contributed by atoms with van der Waals surface area (Å²) in [6.45, 7) is 6.46. The molecule has 0 saturated carbocycles. The van der Waals surface area contributed by atoms with Crippen molar-refractivity contribution in [3.05, 3.63) is 29.0 Å².